The normalized spacial score (nSPS) is 22.4. The molecule has 1 aromatic heterocycles. The molecular weight excluding hydrogens is 355 g/mol. The largest absolute Gasteiger partial charge is 0.512 e. The number of carbonyl (C=O) groups is 1. The third-order valence-electron chi connectivity index (χ3n) is 5.94. The van der Waals surface area contributed by atoms with Crippen molar-refractivity contribution in [3.63, 3.8) is 0 Å². The molecule has 1 amide bonds. The molecule has 3 heterocycles. The Kier molecular flexibility index (Phi) is 4.85. The maximum absolute atomic E-state index is 12.4. The molecule has 1 aromatic carbocycles. The summed E-state index contributed by atoms with van der Waals surface area (Å²) in [5, 5.41) is 3.02. The first-order valence-corrected chi connectivity index (χ1v) is 9.78. The number of fused-ring (bicyclic) bond motifs is 1. The van der Waals surface area contributed by atoms with Gasteiger partial charge in [0.15, 0.2) is 0 Å². The van der Waals surface area contributed by atoms with Gasteiger partial charge in [-0.15, -0.1) is 0 Å². The van der Waals surface area contributed by atoms with E-state index in [-0.39, 0.29) is 11.9 Å². The molecule has 0 unspecified atom stereocenters. The Balaban J connectivity index is 1.39. The molecule has 0 saturated carbocycles. The minimum atomic E-state index is -0.501. The number of benzene rings is 1. The molecule has 2 aliphatic heterocycles. The molecule has 0 spiro atoms. The van der Waals surface area contributed by atoms with E-state index in [0.717, 1.165) is 16.9 Å². The van der Waals surface area contributed by atoms with Gasteiger partial charge in [-0.25, -0.2) is 0 Å². The van der Waals surface area contributed by atoms with Gasteiger partial charge >= 0.3 is 7.12 Å². The van der Waals surface area contributed by atoms with Gasteiger partial charge in [-0.1, -0.05) is 30.3 Å². The monoisotopic (exact) mass is 382 g/mol. The zero-order chi connectivity index (χ0) is 19.9. The summed E-state index contributed by atoms with van der Waals surface area (Å²) in [7, 11) is -0.501. The maximum atomic E-state index is 12.4. The summed E-state index contributed by atoms with van der Waals surface area (Å²) >= 11 is 0. The van der Waals surface area contributed by atoms with Crippen molar-refractivity contribution in [3.8, 4) is 0 Å². The SMILES string of the molecule is CC1(C)OB(c2cc3c([nH]2)[C@@H](CCOCc2ccccc2)NC3=O)OC1(C)C. The molecule has 7 heteroatoms. The number of nitrogens with one attached hydrogen (secondary N) is 2. The van der Waals surface area contributed by atoms with E-state index in [9.17, 15) is 4.79 Å². The fraction of sp³-hybridized carbons (Fsp3) is 0.476. The van der Waals surface area contributed by atoms with Crippen molar-refractivity contribution in [2.45, 2.75) is 58.0 Å². The molecule has 0 aliphatic carbocycles. The van der Waals surface area contributed by atoms with Gasteiger partial charge in [0.05, 0.1) is 35.1 Å². The predicted molar refractivity (Wildman–Crippen MR) is 107 cm³/mol. The van der Waals surface area contributed by atoms with Gasteiger partial charge in [0, 0.05) is 12.2 Å². The minimum Gasteiger partial charge on any atom is -0.398 e. The van der Waals surface area contributed by atoms with E-state index < -0.39 is 18.3 Å². The quantitative estimate of drug-likeness (QED) is 0.595. The number of aromatic nitrogens is 1. The summed E-state index contributed by atoms with van der Waals surface area (Å²) in [5.74, 6) is -0.0675. The lowest BCUT2D eigenvalue weighted by molar-refractivity contribution is 0.00578. The van der Waals surface area contributed by atoms with Crippen LogP contribution < -0.4 is 10.9 Å². The van der Waals surface area contributed by atoms with Gasteiger partial charge in [0.2, 0.25) is 0 Å². The lowest BCUT2D eigenvalue weighted by atomic mass is 9.85. The molecule has 2 aliphatic rings. The topological polar surface area (TPSA) is 72.6 Å². The van der Waals surface area contributed by atoms with E-state index in [4.69, 9.17) is 14.0 Å². The van der Waals surface area contributed by atoms with Crippen LogP contribution >= 0.6 is 0 Å². The second-order valence-corrected chi connectivity index (χ2v) is 8.49. The number of aromatic amines is 1. The molecule has 148 valence electrons. The summed E-state index contributed by atoms with van der Waals surface area (Å²) in [6.07, 6.45) is 0.703. The lowest BCUT2D eigenvalue weighted by Gasteiger charge is -2.32. The standard InChI is InChI=1S/C21H27BN2O4/c1-20(2)21(3,4)28-22(27-20)17-12-15-18(24-17)16(23-19(15)25)10-11-26-13-14-8-6-5-7-9-14/h5-9,12,16,24H,10-11,13H2,1-4H3,(H,23,25)/t16-/m1/s1. The Labute approximate surface area is 166 Å². The lowest BCUT2D eigenvalue weighted by Crippen LogP contribution is -2.41. The number of carbonyl (C=O) groups excluding carboxylic acids is 1. The molecule has 1 saturated heterocycles. The van der Waals surface area contributed by atoms with Crippen LogP contribution in [0.1, 0.15) is 61.8 Å². The molecule has 4 rings (SSSR count). The number of hydrogen-bond acceptors (Lipinski definition) is 4. The zero-order valence-electron chi connectivity index (χ0n) is 16.9. The number of amides is 1. The highest BCUT2D eigenvalue weighted by molar-refractivity contribution is 6.61. The van der Waals surface area contributed by atoms with Crippen LogP contribution in [0.15, 0.2) is 36.4 Å². The van der Waals surface area contributed by atoms with E-state index in [1.165, 1.54) is 0 Å². The van der Waals surface area contributed by atoms with Crippen LogP contribution in [0.3, 0.4) is 0 Å². The number of ether oxygens (including phenoxy) is 1. The van der Waals surface area contributed by atoms with E-state index in [1.807, 2.05) is 64.1 Å². The second kappa shape index (κ2) is 7.06. The fourth-order valence-electron chi connectivity index (χ4n) is 3.54. The zero-order valence-corrected chi connectivity index (χ0v) is 16.9. The van der Waals surface area contributed by atoms with Gasteiger partial charge in [-0.3, -0.25) is 4.79 Å². The van der Waals surface area contributed by atoms with E-state index in [0.29, 0.717) is 25.2 Å². The minimum absolute atomic E-state index is 0.0675. The number of rotatable bonds is 6. The van der Waals surface area contributed by atoms with Crippen LogP contribution in [-0.4, -0.2) is 35.8 Å². The van der Waals surface area contributed by atoms with Gasteiger partial charge in [0.25, 0.3) is 5.91 Å². The average Bonchev–Trinajstić information content (AvgIpc) is 3.26. The molecule has 0 radical (unpaired) electrons. The Morgan fingerprint density at radius 1 is 1.11 bits per heavy atom. The van der Waals surface area contributed by atoms with Crippen LogP contribution in [-0.2, 0) is 20.7 Å². The van der Waals surface area contributed by atoms with Crippen molar-refractivity contribution in [1.29, 1.82) is 0 Å². The van der Waals surface area contributed by atoms with Crippen LogP contribution in [0, 0.1) is 0 Å². The van der Waals surface area contributed by atoms with Crippen molar-refractivity contribution < 1.29 is 18.8 Å². The molecule has 2 aromatic rings. The molecule has 28 heavy (non-hydrogen) atoms. The first kappa shape index (κ1) is 19.2. The molecule has 1 fully saturated rings. The molecule has 6 nitrogen and oxygen atoms in total. The summed E-state index contributed by atoms with van der Waals surface area (Å²) in [4.78, 5) is 15.7. The van der Waals surface area contributed by atoms with Crippen molar-refractivity contribution in [1.82, 2.24) is 10.3 Å². The van der Waals surface area contributed by atoms with Crippen molar-refractivity contribution in [2.24, 2.45) is 0 Å². The van der Waals surface area contributed by atoms with Crippen LogP contribution in [0.25, 0.3) is 0 Å². The third-order valence-corrected chi connectivity index (χ3v) is 5.94. The summed E-state index contributed by atoms with van der Waals surface area (Å²) < 4.78 is 18.0. The van der Waals surface area contributed by atoms with Gasteiger partial charge in [0.1, 0.15) is 0 Å². The highest BCUT2D eigenvalue weighted by atomic mass is 16.7. The number of H-pyrrole nitrogens is 1. The van der Waals surface area contributed by atoms with Gasteiger partial charge in [-0.05, 0) is 45.7 Å². The predicted octanol–water partition coefficient (Wildman–Crippen LogP) is 2.71. The molecule has 1 atom stereocenters. The smallest absolute Gasteiger partial charge is 0.398 e. The Bertz CT molecular complexity index is 847. The fourth-order valence-corrected chi connectivity index (χ4v) is 3.54. The van der Waals surface area contributed by atoms with E-state index >= 15 is 0 Å². The Hall–Kier alpha value is -2.09. The summed E-state index contributed by atoms with van der Waals surface area (Å²) in [6, 6.07) is 11.8. The Morgan fingerprint density at radius 2 is 1.79 bits per heavy atom. The van der Waals surface area contributed by atoms with Crippen LogP contribution in [0.4, 0.5) is 0 Å². The Morgan fingerprint density at radius 3 is 2.46 bits per heavy atom. The van der Waals surface area contributed by atoms with Gasteiger partial charge < -0.3 is 24.3 Å². The number of hydrogen-bond donors (Lipinski definition) is 2. The first-order chi connectivity index (χ1) is 13.3. The second-order valence-electron chi connectivity index (χ2n) is 8.49. The summed E-state index contributed by atoms with van der Waals surface area (Å²) in [6.45, 7) is 9.20. The first-order valence-electron chi connectivity index (χ1n) is 9.78. The van der Waals surface area contributed by atoms with Gasteiger partial charge in [-0.2, -0.15) is 0 Å². The highest BCUT2D eigenvalue weighted by Crippen LogP contribution is 2.37. The van der Waals surface area contributed by atoms with Crippen molar-refractivity contribution in [2.75, 3.05) is 6.61 Å². The third kappa shape index (κ3) is 3.50. The van der Waals surface area contributed by atoms with Crippen LogP contribution in [0.5, 0.6) is 0 Å². The maximum Gasteiger partial charge on any atom is 0.512 e. The van der Waals surface area contributed by atoms with Crippen molar-refractivity contribution in [3.05, 3.63) is 53.2 Å². The summed E-state index contributed by atoms with van der Waals surface area (Å²) in [5.41, 5.74) is 2.64. The van der Waals surface area contributed by atoms with Crippen LogP contribution in [0.2, 0.25) is 0 Å². The average molecular weight is 382 g/mol. The molecular formula is C21H27BN2O4. The van der Waals surface area contributed by atoms with Crippen molar-refractivity contribution >= 4 is 18.6 Å². The van der Waals surface area contributed by atoms with E-state index in [2.05, 4.69) is 10.3 Å². The van der Waals surface area contributed by atoms with E-state index in [1.54, 1.807) is 0 Å². The molecule has 0 bridgehead atoms. The molecule has 2 N–H and O–H groups in total. The highest BCUT2D eigenvalue weighted by Gasteiger charge is 2.52.